The highest BCUT2D eigenvalue weighted by Gasteiger charge is 2.65. The fraction of sp³-hybridized carbons (Fsp3) is 0.800. The van der Waals surface area contributed by atoms with E-state index in [1.165, 1.54) is 5.57 Å². The number of aliphatic hydroxyl groups is 1. The molecule has 0 aromatic heterocycles. The van der Waals surface area contributed by atoms with Crippen LogP contribution in [-0.4, -0.2) is 28.2 Å². The number of rotatable bonds is 1. The summed E-state index contributed by atoms with van der Waals surface area (Å²) in [6.45, 7) is 12.5. The Kier molecular flexibility index (Phi) is 3.45. The number of hydrogen-bond donors (Lipinski definition) is 1. The molecule has 24 heavy (non-hydrogen) atoms. The Morgan fingerprint density at radius 1 is 1.12 bits per heavy atom. The van der Waals surface area contributed by atoms with Crippen molar-refractivity contribution in [3.63, 3.8) is 0 Å². The Hall–Kier alpha value is -0.680. The van der Waals surface area contributed by atoms with Crippen molar-refractivity contribution in [3.8, 4) is 0 Å². The quantitative estimate of drug-likeness (QED) is 0.449. The molecular formula is C20H30O4. The maximum atomic E-state index is 11.2. The minimum atomic E-state index is -1.37. The third-order valence-corrected chi connectivity index (χ3v) is 7.10. The summed E-state index contributed by atoms with van der Waals surface area (Å²) in [6, 6.07) is 0. The van der Waals surface area contributed by atoms with Crippen molar-refractivity contribution in [1.29, 1.82) is 0 Å². The van der Waals surface area contributed by atoms with Crippen LogP contribution >= 0.6 is 0 Å². The zero-order valence-electron chi connectivity index (χ0n) is 15.3. The van der Waals surface area contributed by atoms with Gasteiger partial charge in [-0.05, 0) is 76.9 Å². The topological polar surface area (TPSA) is 51.2 Å². The molecule has 0 aromatic carbocycles. The maximum absolute atomic E-state index is 11.2. The normalized spacial score (nSPS) is 53.0. The minimum Gasteiger partial charge on any atom is -0.366 e. The molecule has 2 aliphatic carbocycles. The lowest BCUT2D eigenvalue weighted by molar-refractivity contribution is -0.477. The molecule has 6 atom stereocenters. The predicted octanol–water partition coefficient (Wildman–Crippen LogP) is 3.90. The molecule has 0 aromatic rings. The Bertz CT molecular complexity index is 596. The van der Waals surface area contributed by atoms with Crippen LogP contribution in [0.3, 0.4) is 0 Å². The molecule has 3 fully saturated rings. The fourth-order valence-electron chi connectivity index (χ4n) is 5.04. The number of fused-ring (bicyclic) bond motifs is 2. The van der Waals surface area contributed by atoms with Gasteiger partial charge in [-0.2, -0.15) is 4.89 Å². The molecule has 1 N–H and O–H groups in total. The van der Waals surface area contributed by atoms with Crippen LogP contribution < -0.4 is 0 Å². The van der Waals surface area contributed by atoms with Crippen LogP contribution in [0, 0.1) is 17.3 Å². The molecule has 0 bridgehead atoms. The second-order valence-corrected chi connectivity index (χ2v) is 9.29. The second-order valence-electron chi connectivity index (χ2n) is 9.29. The van der Waals surface area contributed by atoms with Gasteiger partial charge in [0.05, 0.1) is 11.7 Å². The smallest absolute Gasteiger partial charge is 0.224 e. The van der Waals surface area contributed by atoms with Crippen molar-refractivity contribution in [2.24, 2.45) is 17.3 Å². The third kappa shape index (κ3) is 2.34. The summed E-state index contributed by atoms with van der Waals surface area (Å²) in [4.78, 5) is 11.0. The average Bonchev–Trinajstić information content (AvgIpc) is 3.14. The Labute approximate surface area is 144 Å². The summed E-state index contributed by atoms with van der Waals surface area (Å²) in [5, 5.41) is 11.2. The van der Waals surface area contributed by atoms with Crippen LogP contribution in [-0.2, 0) is 14.5 Å². The van der Waals surface area contributed by atoms with Gasteiger partial charge in [-0.3, -0.25) is 0 Å². The number of ether oxygens (including phenoxy) is 1. The molecule has 0 spiro atoms. The van der Waals surface area contributed by atoms with Crippen LogP contribution in [0.5, 0.6) is 0 Å². The fourth-order valence-corrected chi connectivity index (χ4v) is 5.04. The van der Waals surface area contributed by atoms with Gasteiger partial charge in [-0.15, -0.1) is 0 Å². The number of allylic oxidation sites excluding steroid dienone is 1. The predicted molar refractivity (Wildman–Crippen MR) is 90.9 cm³/mol. The summed E-state index contributed by atoms with van der Waals surface area (Å²) in [5.74, 6) is -0.570. The molecule has 4 aliphatic rings. The first-order valence-corrected chi connectivity index (χ1v) is 9.24. The van der Waals surface area contributed by atoms with Gasteiger partial charge in [0.1, 0.15) is 5.60 Å². The van der Waals surface area contributed by atoms with Crippen molar-refractivity contribution in [1.82, 2.24) is 0 Å². The summed E-state index contributed by atoms with van der Waals surface area (Å²) >= 11 is 0. The lowest BCUT2D eigenvalue weighted by Gasteiger charge is -2.60. The van der Waals surface area contributed by atoms with E-state index in [0.717, 1.165) is 32.1 Å². The lowest BCUT2D eigenvalue weighted by Crippen LogP contribution is -2.62. The van der Waals surface area contributed by atoms with Gasteiger partial charge < -0.3 is 9.84 Å². The molecule has 2 aliphatic heterocycles. The van der Waals surface area contributed by atoms with E-state index < -0.39 is 11.4 Å². The molecule has 6 unspecified atom stereocenters. The average molecular weight is 334 g/mol. The number of epoxide rings is 1. The molecule has 4 heteroatoms. The SMILES string of the molecule is C=C1CCC2OC2(C)CCC2C1CC2(C)C1(O)C=CC(C)(C)OO1. The molecule has 0 amide bonds. The van der Waals surface area contributed by atoms with E-state index in [2.05, 4.69) is 20.4 Å². The summed E-state index contributed by atoms with van der Waals surface area (Å²) in [7, 11) is 0. The maximum Gasteiger partial charge on any atom is 0.224 e. The van der Waals surface area contributed by atoms with E-state index >= 15 is 0 Å². The van der Waals surface area contributed by atoms with Gasteiger partial charge in [0, 0.05) is 5.41 Å². The standard InChI is InChI=1S/C20H30O4/c1-13-6-7-16-19(5,22-16)9-8-15-14(13)12-18(15,4)20(21)11-10-17(2,3)23-24-20/h10-11,14-16,21H,1,6-9,12H2,2-5H3. The van der Waals surface area contributed by atoms with E-state index in [-0.39, 0.29) is 11.0 Å². The van der Waals surface area contributed by atoms with Gasteiger partial charge in [-0.1, -0.05) is 19.1 Å². The summed E-state index contributed by atoms with van der Waals surface area (Å²) in [5.41, 5.74) is 0.465. The molecule has 4 rings (SSSR count). The first kappa shape index (κ1) is 16.8. The van der Waals surface area contributed by atoms with Crippen molar-refractivity contribution in [3.05, 3.63) is 24.3 Å². The molecule has 134 valence electrons. The number of hydrogen-bond acceptors (Lipinski definition) is 4. The molecule has 2 heterocycles. The van der Waals surface area contributed by atoms with Crippen molar-refractivity contribution in [2.45, 2.75) is 82.9 Å². The molecule has 1 saturated heterocycles. The van der Waals surface area contributed by atoms with Crippen molar-refractivity contribution < 1.29 is 19.6 Å². The Balaban J connectivity index is 1.59. The van der Waals surface area contributed by atoms with Crippen LogP contribution in [0.4, 0.5) is 0 Å². The second kappa shape index (κ2) is 4.94. The van der Waals surface area contributed by atoms with Gasteiger partial charge in [0.25, 0.3) is 0 Å². The lowest BCUT2D eigenvalue weighted by atomic mass is 9.48. The van der Waals surface area contributed by atoms with E-state index in [1.807, 2.05) is 19.9 Å². The Morgan fingerprint density at radius 2 is 1.88 bits per heavy atom. The van der Waals surface area contributed by atoms with Crippen LogP contribution in [0.1, 0.15) is 59.8 Å². The van der Waals surface area contributed by atoms with E-state index in [0.29, 0.717) is 17.9 Å². The highest BCUT2D eigenvalue weighted by Crippen LogP contribution is 2.64. The molecule has 2 saturated carbocycles. The highest BCUT2D eigenvalue weighted by molar-refractivity contribution is 5.23. The first-order chi connectivity index (χ1) is 11.1. The van der Waals surface area contributed by atoms with E-state index in [4.69, 9.17) is 14.5 Å². The van der Waals surface area contributed by atoms with Crippen molar-refractivity contribution >= 4 is 0 Å². The van der Waals surface area contributed by atoms with Gasteiger partial charge >= 0.3 is 0 Å². The summed E-state index contributed by atoms with van der Waals surface area (Å²) in [6.07, 6.45) is 9.13. The van der Waals surface area contributed by atoms with Gasteiger partial charge in [0.2, 0.25) is 5.79 Å². The molecule has 4 nitrogen and oxygen atoms in total. The van der Waals surface area contributed by atoms with Crippen LogP contribution in [0.2, 0.25) is 0 Å². The zero-order valence-corrected chi connectivity index (χ0v) is 15.3. The van der Waals surface area contributed by atoms with Crippen molar-refractivity contribution in [2.75, 3.05) is 0 Å². The van der Waals surface area contributed by atoms with E-state index in [1.54, 1.807) is 6.08 Å². The minimum absolute atomic E-state index is 0.0239. The largest absolute Gasteiger partial charge is 0.366 e. The first-order valence-electron chi connectivity index (χ1n) is 9.24. The molecular weight excluding hydrogens is 304 g/mol. The monoisotopic (exact) mass is 334 g/mol. The van der Waals surface area contributed by atoms with Gasteiger partial charge in [0.15, 0.2) is 0 Å². The van der Waals surface area contributed by atoms with Gasteiger partial charge in [-0.25, -0.2) is 4.89 Å². The van der Waals surface area contributed by atoms with Crippen LogP contribution in [0.25, 0.3) is 0 Å². The van der Waals surface area contributed by atoms with E-state index in [9.17, 15) is 5.11 Å². The Morgan fingerprint density at radius 3 is 2.54 bits per heavy atom. The zero-order chi connectivity index (χ0) is 17.4. The summed E-state index contributed by atoms with van der Waals surface area (Å²) < 4.78 is 5.93. The third-order valence-electron chi connectivity index (χ3n) is 7.10. The molecule has 0 radical (unpaired) electrons. The highest BCUT2D eigenvalue weighted by atomic mass is 17.2. The van der Waals surface area contributed by atoms with Crippen LogP contribution in [0.15, 0.2) is 24.3 Å².